The van der Waals surface area contributed by atoms with Crippen molar-refractivity contribution < 1.29 is 9.53 Å². The molecule has 4 nitrogen and oxygen atoms in total. The predicted molar refractivity (Wildman–Crippen MR) is 96.0 cm³/mol. The molecule has 1 fully saturated rings. The predicted octanol–water partition coefficient (Wildman–Crippen LogP) is 3.03. The van der Waals surface area contributed by atoms with Crippen LogP contribution in [-0.4, -0.2) is 37.6 Å². The summed E-state index contributed by atoms with van der Waals surface area (Å²) in [6.45, 7) is 3.57. The van der Waals surface area contributed by atoms with E-state index in [9.17, 15) is 4.79 Å². The summed E-state index contributed by atoms with van der Waals surface area (Å²) in [4.78, 5) is 17.1. The molecule has 2 aromatic rings. The van der Waals surface area contributed by atoms with Crippen LogP contribution in [0.1, 0.15) is 38.0 Å². The molecule has 1 atom stereocenters. The van der Waals surface area contributed by atoms with Gasteiger partial charge in [-0.25, -0.2) is 0 Å². The quantitative estimate of drug-likeness (QED) is 0.932. The van der Waals surface area contributed by atoms with E-state index in [4.69, 9.17) is 4.74 Å². The number of hydrogen-bond donors (Lipinski definition) is 1. The SMILES string of the molecule is COc1ccc(C2CCN(C(=O)c3cc4c(s3)CCNC4)C2)cc1. The first kappa shape index (κ1) is 15.7. The van der Waals surface area contributed by atoms with Gasteiger partial charge in [0.2, 0.25) is 0 Å². The highest BCUT2D eigenvalue weighted by molar-refractivity contribution is 7.14. The minimum atomic E-state index is 0.199. The Labute approximate surface area is 146 Å². The number of methoxy groups -OCH3 is 1. The van der Waals surface area contributed by atoms with Gasteiger partial charge in [0.25, 0.3) is 5.91 Å². The number of benzene rings is 1. The summed E-state index contributed by atoms with van der Waals surface area (Å²) >= 11 is 1.68. The lowest BCUT2D eigenvalue weighted by atomic mass is 9.98. The summed E-state index contributed by atoms with van der Waals surface area (Å²) in [5, 5.41) is 3.37. The Kier molecular flexibility index (Phi) is 4.29. The number of nitrogens with zero attached hydrogens (tertiary/aromatic N) is 1. The monoisotopic (exact) mass is 342 g/mol. The second kappa shape index (κ2) is 6.57. The zero-order chi connectivity index (χ0) is 16.5. The molecular formula is C19H22N2O2S. The molecule has 0 saturated carbocycles. The molecule has 126 valence electrons. The van der Waals surface area contributed by atoms with Gasteiger partial charge < -0.3 is 15.0 Å². The third kappa shape index (κ3) is 2.94. The molecule has 1 N–H and O–H groups in total. The molecule has 2 aliphatic rings. The van der Waals surface area contributed by atoms with Gasteiger partial charge in [-0.1, -0.05) is 12.1 Å². The van der Waals surface area contributed by atoms with Crippen molar-refractivity contribution in [2.24, 2.45) is 0 Å². The van der Waals surface area contributed by atoms with Crippen molar-refractivity contribution in [3.63, 3.8) is 0 Å². The zero-order valence-corrected chi connectivity index (χ0v) is 14.7. The van der Waals surface area contributed by atoms with E-state index in [1.54, 1.807) is 18.4 Å². The maximum absolute atomic E-state index is 12.8. The third-order valence-corrected chi connectivity index (χ3v) is 6.24. The van der Waals surface area contributed by atoms with Crippen LogP contribution in [0.25, 0.3) is 0 Å². The molecule has 3 heterocycles. The van der Waals surface area contributed by atoms with Gasteiger partial charge in [0.1, 0.15) is 5.75 Å². The number of fused-ring (bicyclic) bond motifs is 1. The fraction of sp³-hybridized carbons (Fsp3) is 0.421. The minimum absolute atomic E-state index is 0.199. The van der Waals surface area contributed by atoms with E-state index < -0.39 is 0 Å². The van der Waals surface area contributed by atoms with Gasteiger partial charge in [-0.3, -0.25) is 4.79 Å². The van der Waals surface area contributed by atoms with Crippen molar-refractivity contribution in [3.05, 3.63) is 51.2 Å². The van der Waals surface area contributed by atoms with Crippen LogP contribution in [0.2, 0.25) is 0 Å². The molecule has 0 radical (unpaired) electrons. The van der Waals surface area contributed by atoms with Crippen molar-refractivity contribution in [2.45, 2.75) is 25.3 Å². The van der Waals surface area contributed by atoms with Gasteiger partial charge in [-0.2, -0.15) is 0 Å². The van der Waals surface area contributed by atoms with Gasteiger partial charge in [-0.05, 0) is 42.2 Å². The van der Waals surface area contributed by atoms with Crippen molar-refractivity contribution >= 4 is 17.2 Å². The fourth-order valence-electron chi connectivity index (χ4n) is 3.61. The first-order chi connectivity index (χ1) is 11.7. The van der Waals surface area contributed by atoms with Gasteiger partial charge in [0.15, 0.2) is 0 Å². The van der Waals surface area contributed by atoms with Crippen molar-refractivity contribution in [3.8, 4) is 5.75 Å². The van der Waals surface area contributed by atoms with Crippen LogP contribution in [0.5, 0.6) is 5.75 Å². The number of hydrogen-bond acceptors (Lipinski definition) is 4. The number of ether oxygens (including phenoxy) is 1. The second-order valence-corrected chi connectivity index (χ2v) is 7.63. The molecule has 4 rings (SSSR count). The van der Waals surface area contributed by atoms with E-state index in [0.717, 1.165) is 49.6 Å². The molecular weight excluding hydrogens is 320 g/mol. The van der Waals surface area contributed by atoms with Crippen LogP contribution < -0.4 is 10.1 Å². The first-order valence-corrected chi connectivity index (χ1v) is 9.32. The number of carbonyl (C=O) groups excluding carboxylic acids is 1. The summed E-state index contributed by atoms with van der Waals surface area (Å²) in [7, 11) is 1.68. The Bertz CT molecular complexity index is 715. The summed E-state index contributed by atoms with van der Waals surface area (Å²) in [6, 6.07) is 10.3. The largest absolute Gasteiger partial charge is 0.497 e. The summed E-state index contributed by atoms with van der Waals surface area (Å²) in [5.74, 6) is 1.50. The zero-order valence-electron chi connectivity index (χ0n) is 13.9. The standard InChI is InChI=1S/C19H22N2O2S/c1-23-16-4-2-13(3-5-16)14-7-9-21(12-14)19(22)18-10-15-11-20-8-6-17(15)24-18/h2-5,10,14,20H,6-9,11-12H2,1H3. The molecule has 1 amide bonds. The van der Waals surface area contributed by atoms with E-state index in [-0.39, 0.29) is 5.91 Å². The molecule has 0 spiro atoms. The van der Waals surface area contributed by atoms with Crippen LogP contribution in [-0.2, 0) is 13.0 Å². The van der Waals surface area contributed by atoms with E-state index in [0.29, 0.717) is 5.92 Å². The Morgan fingerprint density at radius 3 is 2.92 bits per heavy atom. The number of thiophene rings is 1. The summed E-state index contributed by atoms with van der Waals surface area (Å²) in [5.41, 5.74) is 2.60. The number of likely N-dealkylation sites (tertiary alicyclic amines) is 1. The molecule has 5 heteroatoms. The number of carbonyl (C=O) groups is 1. The number of rotatable bonds is 3. The van der Waals surface area contributed by atoms with Crippen molar-refractivity contribution in [1.29, 1.82) is 0 Å². The number of nitrogens with one attached hydrogen (secondary N) is 1. The van der Waals surface area contributed by atoms with Crippen molar-refractivity contribution in [1.82, 2.24) is 10.2 Å². The van der Waals surface area contributed by atoms with Gasteiger partial charge in [0.05, 0.1) is 12.0 Å². The smallest absolute Gasteiger partial charge is 0.263 e. The highest BCUT2D eigenvalue weighted by atomic mass is 32.1. The average Bonchev–Trinajstić information content (AvgIpc) is 3.28. The Hall–Kier alpha value is -1.85. The number of amides is 1. The average molecular weight is 342 g/mol. The Balaban J connectivity index is 1.45. The maximum atomic E-state index is 12.8. The normalized spacial score (nSPS) is 20.0. The van der Waals surface area contributed by atoms with E-state index in [1.165, 1.54) is 16.0 Å². The topological polar surface area (TPSA) is 41.6 Å². The van der Waals surface area contributed by atoms with E-state index in [2.05, 4.69) is 23.5 Å². The lowest BCUT2D eigenvalue weighted by Gasteiger charge is -2.16. The second-order valence-electron chi connectivity index (χ2n) is 6.50. The van der Waals surface area contributed by atoms with Crippen LogP contribution in [0.15, 0.2) is 30.3 Å². The van der Waals surface area contributed by atoms with Gasteiger partial charge in [-0.15, -0.1) is 11.3 Å². The van der Waals surface area contributed by atoms with Crippen LogP contribution in [0.3, 0.4) is 0 Å². The minimum Gasteiger partial charge on any atom is -0.497 e. The fourth-order valence-corrected chi connectivity index (χ4v) is 4.76. The van der Waals surface area contributed by atoms with Crippen LogP contribution in [0.4, 0.5) is 0 Å². The molecule has 0 aliphatic carbocycles. The lowest BCUT2D eigenvalue weighted by molar-refractivity contribution is 0.0795. The summed E-state index contributed by atoms with van der Waals surface area (Å²) < 4.78 is 5.22. The van der Waals surface area contributed by atoms with Gasteiger partial charge >= 0.3 is 0 Å². The molecule has 24 heavy (non-hydrogen) atoms. The molecule has 1 saturated heterocycles. The summed E-state index contributed by atoms with van der Waals surface area (Å²) in [6.07, 6.45) is 2.08. The van der Waals surface area contributed by atoms with Crippen molar-refractivity contribution in [2.75, 3.05) is 26.7 Å². The van der Waals surface area contributed by atoms with E-state index >= 15 is 0 Å². The maximum Gasteiger partial charge on any atom is 0.263 e. The Morgan fingerprint density at radius 1 is 1.33 bits per heavy atom. The molecule has 1 aromatic heterocycles. The highest BCUT2D eigenvalue weighted by Crippen LogP contribution is 2.32. The third-order valence-electron chi connectivity index (χ3n) is 5.01. The van der Waals surface area contributed by atoms with Crippen LogP contribution >= 0.6 is 11.3 Å². The molecule has 1 aromatic carbocycles. The Morgan fingerprint density at radius 2 is 2.17 bits per heavy atom. The molecule has 2 aliphatic heterocycles. The highest BCUT2D eigenvalue weighted by Gasteiger charge is 2.29. The van der Waals surface area contributed by atoms with E-state index in [1.807, 2.05) is 17.0 Å². The molecule has 1 unspecified atom stereocenters. The van der Waals surface area contributed by atoms with Gasteiger partial charge in [0, 0.05) is 37.0 Å². The first-order valence-electron chi connectivity index (χ1n) is 8.50. The lowest BCUT2D eigenvalue weighted by Crippen LogP contribution is -2.27. The van der Waals surface area contributed by atoms with Crippen LogP contribution in [0, 0.1) is 0 Å². The molecule has 0 bridgehead atoms.